The van der Waals surface area contributed by atoms with Crippen molar-refractivity contribution in [2.24, 2.45) is 0 Å². The first-order valence-electron chi connectivity index (χ1n) is 26.7. The van der Waals surface area contributed by atoms with Crippen molar-refractivity contribution in [1.29, 1.82) is 0 Å². The Morgan fingerprint density at radius 1 is 0.348 bits per heavy atom. The van der Waals surface area contributed by atoms with Gasteiger partial charge < -0.3 is 14.2 Å². The second-order valence-corrected chi connectivity index (χ2v) is 17.0. The van der Waals surface area contributed by atoms with Crippen LogP contribution in [0.5, 0.6) is 0 Å². The van der Waals surface area contributed by atoms with Crippen LogP contribution >= 0.6 is 0 Å². The minimum absolute atomic E-state index is 0.0385. The van der Waals surface area contributed by atoms with Crippen LogP contribution in [0.15, 0.2) is 134 Å². The van der Waals surface area contributed by atoms with Crippen molar-refractivity contribution in [3.63, 3.8) is 0 Å². The fraction of sp³-hybridized carbons (Fsp3) is 0.607. The van der Waals surface area contributed by atoms with Crippen LogP contribution in [0, 0.1) is 0 Å². The molecule has 0 N–H and O–H groups in total. The van der Waals surface area contributed by atoms with Crippen LogP contribution in [0.3, 0.4) is 0 Å². The minimum Gasteiger partial charge on any atom is -0.462 e. The summed E-state index contributed by atoms with van der Waals surface area (Å²) in [7, 11) is 0. The number of unbranched alkanes of at least 4 members (excludes halogenated alkanes) is 14. The lowest BCUT2D eigenvalue weighted by Crippen LogP contribution is -2.30. The molecule has 0 aliphatic heterocycles. The standard InChI is InChI=1S/C61H98O5/c1-4-7-10-13-16-19-22-25-27-29-31-32-34-37-39-42-45-48-51-54-60(62)65-58-59(66-61(63)55-52-49-46-43-40-36-24-21-18-15-12-9-6-3)57-64-56-53-50-47-44-41-38-35-33-30-28-26-23-20-17-14-11-8-5-2/h7-8,10-11,16-17,19-21,24-28,31-33,35,37,39,41,44,59H,4-6,9,12-15,18,22-23,29-30,34,36,38,40,42-43,45-58H2,1-3H3/b10-7-,11-8-,19-16-,20-17-,24-21-,27-25-,28-26-,32-31-,35-33-,39-37-,44-41-. The molecule has 0 aromatic rings. The van der Waals surface area contributed by atoms with Gasteiger partial charge in [-0.15, -0.1) is 0 Å². The summed E-state index contributed by atoms with van der Waals surface area (Å²) in [4.78, 5) is 25.4. The number of hydrogen-bond donors (Lipinski definition) is 0. The van der Waals surface area contributed by atoms with E-state index in [9.17, 15) is 9.59 Å². The van der Waals surface area contributed by atoms with Gasteiger partial charge in [0.2, 0.25) is 0 Å². The third-order valence-electron chi connectivity index (χ3n) is 10.7. The van der Waals surface area contributed by atoms with Crippen LogP contribution < -0.4 is 0 Å². The first-order valence-corrected chi connectivity index (χ1v) is 26.7. The molecule has 0 saturated heterocycles. The zero-order valence-electron chi connectivity index (χ0n) is 42.7. The Labute approximate surface area is 407 Å². The van der Waals surface area contributed by atoms with Crippen LogP contribution in [-0.2, 0) is 23.8 Å². The van der Waals surface area contributed by atoms with Crippen molar-refractivity contribution in [3.05, 3.63) is 134 Å². The Kier molecular flexibility index (Phi) is 52.0. The first-order chi connectivity index (χ1) is 32.6. The fourth-order valence-electron chi connectivity index (χ4n) is 6.73. The lowest BCUT2D eigenvalue weighted by atomic mass is 10.1. The molecule has 0 aliphatic carbocycles. The maximum atomic E-state index is 12.8. The summed E-state index contributed by atoms with van der Waals surface area (Å²) in [5.74, 6) is -0.478. The Hall–Kier alpha value is -3.96. The van der Waals surface area contributed by atoms with Crippen molar-refractivity contribution in [3.8, 4) is 0 Å². The van der Waals surface area contributed by atoms with Gasteiger partial charge in [0.05, 0.1) is 6.61 Å². The van der Waals surface area contributed by atoms with E-state index in [1.54, 1.807) is 0 Å². The monoisotopic (exact) mass is 911 g/mol. The van der Waals surface area contributed by atoms with Gasteiger partial charge in [0.25, 0.3) is 0 Å². The topological polar surface area (TPSA) is 61.8 Å². The average molecular weight is 911 g/mol. The van der Waals surface area contributed by atoms with E-state index in [1.165, 1.54) is 44.9 Å². The predicted octanol–water partition coefficient (Wildman–Crippen LogP) is 18.3. The Morgan fingerprint density at radius 3 is 1.12 bits per heavy atom. The second kappa shape index (κ2) is 55.4. The summed E-state index contributed by atoms with van der Waals surface area (Å²) in [6.07, 6.45) is 78.9. The number of rotatable bonds is 47. The first kappa shape index (κ1) is 62.0. The molecular formula is C61H98O5. The molecule has 0 aromatic heterocycles. The zero-order chi connectivity index (χ0) is 47.7. The molecule has 5 nitrogen and oxygen atoms in total. The summed E-state index contributed by atoms with van der Waals surface area (Å²) >= 11 is 0. The smallest absolute Gasteiger partial charge is 0.306 e. The lowest BCUT2D eigenvalue weighted by Gasteiger charge is -2.18. The molecule has 0 fully saturated rings. The van der Waals surface area contributed by atoms with Crippen molar-refractivity contribution in [2.45, 2.75) is 219 Å². The molecule has 0 radical (unpaired) electrons. The Morgan fingerprint density at radius 2 is 0.682 bits per heavy atom. The molecule has 0 saturated carbocycles. The van der Waals surface area contributed by atoms with E-state index in [2.05, 4.69) is 154 Å². The quantitative estimate of drug-likeness (QED) is 0.0346. The number of esters is 2. The summed E-state index contributed by atoms with van der Waals surface area (Å²) in [5, 5.41) is 0. The third-order valence-corrected chi connectivity index (χ3v) is 10.7. The molecule has 372 valence electrons. The summed E-state index contributed by atoms with van der Waals surface area (Å²) in [6, 6.07) is 0. The van der Waals surface area contributed by atoms with Gasteiger partial charge in [0.15, 0.2) is 6.10 Å². The van der Waals surface area contributed by atoms with Gasteiger partial charge in [-0.2, -0.15) is 0 Å². The highest BCUT2D eigenvalue weighted by Crippen LogP contribution is 2.12. The molecule has 0 rings (SSSR count). The third kappa shape index (κ3) is 52.7. The van der Waals surface area contributed by atoms with E-state index >= 15 is 0 Å². The number of carbonyl (C=O) groups excluding carboxylic acids is 2. The maximum absolute atomic E-state index is 12.8. The molecule has 0 aliphatic rings. The van der Waals surface area contributed by atoms with E-state index < -0.39 is 6.10 Å². The molecule has 0 heterocycles. The molecule has 0 spiro atoms. The second-order valence-electron chi connectivity index (χ2n) is 17.0. The summed E-state index contributed by atoms with van der Waals surface area (Å²) < 4.78 is 17.3. The van der Waals surface area contributed by atoms with Gasteiger partial charge in [-0.05, 0) is 135 Å². The fourth-order valence-corrected chi connectivity index (χ4v) is 6.73. The van der Waals surface area contributed by atoms with Gasteiger partial charge in [-0.25, -0.2) is 0 Å². The molecule has 1 unspecified atom stereocenters. The predicted molar refractivity (Wildman–Crippen MR) is 288 cm³/mol. The van der Waals surface area contributed by atoms with E-state index in [-0.39, 0.29) is 25.2 Å². The lowest BCUT2D eigenvalue weighted by molar-refractivity contribution is -0.163. The Balaban J connectivity index is 4.45. The zero-order valence-corrected chi connectivity index (χ0v) is 42.7. The minimum atomic E-state index is -0.587. The number of carbonyl (C=O) groups is 2. The van der Waals surface area contributed by atoms with Crippen LogP contribution in [-0.4, -0.2) is 37.9 Å². The summed E-state index contributed by atoms with van der Waals surface area (Å²) in [5.41, 5.74) is 0. The Bertz CT molecular complexity index is 1400. The average Bonchev–Trinajstić information content (AvgIpc) is 3.32. The van der Waals surface area contributed by atoms with E-state index in [0.29, 0.717) is 19.4 Å². The molecule has 0 bridgehead atoms. The van der Waals surface area contributed by atoms with Crippen molar-refractivity contribution in [1.82, 2.24) is 0 Å². The molecule has 5 heteroatoms. The van der Waals surface area contributed by atoms with Crippen LogP contribution in [0.4, 0.5) is 0 Å². The largest absolute Gasteiger partial charge is 0.462 e. The van der Waals surface area contributed by atoms with Crippen LogP contribution in [0.2, 0.25) is 0 Å². The van der Waals surface area contributed by atoms with Gasteiger partial charge >= 0.3 is 11.9 Å². The van der Waals surface area contributed by atoms with E-state index in [4.69, 9.17) is 14.2 Å². The van der Waals surface area contributed by atoms with E-state index in [1.807, 2.05) is 0 Å². The molecule has 0 amide bonds. The number of hydrogen-bond acceptors (Lipinski definition) is 5. The van der Waals surface area contributed by atoms with Crippen LogP contribution in [0.25, 0.3) is 0 Å². The summed E-state index contributed by atoms with van der Waals surface area (Å²) in [6.45, 7) is 7.42. The molecule has 0 aromatic carbocycles. The van der Waals surface area contributed by atoms with Crippen LogP contribution in [0.1, 0.15) is 213 Å². The van der Waals surface area contributed by atoms with Crippen molar-refractivity contribution in [2.75, 3.05) is 19.8 Å². The van der Waals surface area contributed by atoms with Gasteiger partial charge in [-0.3, -0.25) is 9.59 Å². The molecular weight excluding hydrogens is 813 g/mol. The normalized spacial score (nSPS) is 13.3. The van der Waals surface area contributed by atoms with Gasteiger partial charge in [0, 0.05) is 19.4 Å². The maximum Gasteiger partial charge on any atom is 0.306 e. The molecule has 1 atom stereocenters. The number of allylic oxidation sites excluding steroid dienone is 22. The highest BCUT2D eigenvalue weighted by molar-refractivity contribution is 5.70. The van der Waals surface area contributed by atoms with Gasteiger partial charge in [-0.1, -0.05) is 199 Å². The highest BCUT2D eigenvalue weighted by Gasteiger charge is 2.17. The highest BCUT2D eigenvalue weighted by atomic mass is 16.6. The SMILES string of the molecule is CC/C=C\C/C=C\C/C=C\C/C=C\C/C=C\CCCCCC(=O)OCC(COCCCC/C=C\C/C=C\C/C=C\C/C=C\C/C=C\CC)OC(=O)CCCCCCC/C=C\CCCCCC. The molecule has 66 heavy (non-hydrogen) atoms. The number of ether oxygens (including phenoxy) is 3. The van der Waals surface area contributed by atoms with E-state index in [0.717, 1.165) is 135 Å². The van der Waals surface area contributed by atoms with Crippen molar-refractivity contribution >= 4 is 11.9 Å². The van der Waals surface area contributed by atoms with Crippen molar-refractivity contribution < 1.29 is 23.8 Å². The van der Waals surface area contributed by atoms with Gasteiger partial charge in [0.1, 0.15) is 6.61 Å².